The fourth-order valence-corrected chi connectivity index (χ4v) is 18.0. The van der Waals surface area contributed by atoms with Crippen molar-refractivity contribution in [3.8, 4) is 0 Å². The van der Waals surface area contributed by atoms with E-state index in [-0.39, 0.29) is 32.5 Å². The highest BCUT2D eigenvalue weighted by atomic mass is 31.2. The molecule has 608 valence electrons. The number of unbranched alkanes of at least 4 members (excludes halogenated alkanes) is 3. The van der Waals surface area contributed by atoms with Crippen molar-refractivity contribution >= 4 is 7.82 Å². The first-order valence-electron chi connectivity index (χ1n) is 42.3. The molecule has 0 unspecified atom stereocenters. The van der Waals surface area contributed by atoms with Crippen LogP contribution in [-0.4, -0.2) is 0 Å². The molecule has 0 aliphatic heterocycles. The number of hydrogen-bond acceptors (Lipinski definition) is 4. The highest BCUT2D eigenvalue weighted by molar-refractivity contribution is 7.48. The Morgan fingerprint density at radius 3 is 0.482 bits per heavy atom. The van der Waals surface area contributed by atoms with Crippen molar-refractivity contribution in [3.05, 3.63) is 246 Å². The molecule has 6 aromatic rings. The van der Waals surface area contributed by atoms with E-state index in [1.54, 1.807) is 0 Å². The molecule has 0 fully saturated rings. The molecular formula is C105H159O4P. The standard InChI is InChI=1S/C105H159O4P/c1-43-46-49-70(4)103(79-58-52-73(91(7,8)9)64-85(79)97(25,26)27,80-59-53-74(92(10,11)12)65-86(80)98(28,29)30)107-110(106,108-104(71(5)50-47-44-2,81-60-54-75(93(13,14)15)66-87(81)99(31,32)33)82-61-55-76(94(16,17)18)67-88(82)100(34,35)36)109-105(72(6)51-48-45-3,83-62-56-77(95(19,20)21)68-89(83)101(37,38)39)84-63-57-78(96(22,23)24)69-90(84)102(40,41)42/h52-69H,4-6,43-51H2,1-3,7-42H3. The Hall–Kier alpha value is -5.35. The van der Waals surface area contributed by atoms with Gasteiger partial charge in [-0.3, -0.25) is 13.6 Å². The van der Waals surface area contributed by atoms with Crippen molar-refractivity contribution in [2.24, 2.45) is 0 Å². The number of phosphoric ester groups is 1. The van der Waals surface area contributed by atoms with Gasteiger partial charge in [0, 0.05) is 0 Å². The molecule has 0 aromatic heterocycles. The maximum Gasteiger partial charge on any atom is 0.479 e. The van der Waals surface area contributed by atoms with Crippen LogP contribution in [0.4, 0.5) is 0 Å². The van der Waals surface area contributed by atoms with Crippen LogP contribution in [0.15, 0.2) is 146 Å². The molecule has 0 spiro atoms. The van der Waals surface area contributed by atoms with E-state index in [2.05, 4.69) is 379 Å². The molecule has 110 heavy (non-hydrogen) atoms. The van der Waals surface area contributed by atoms with Gasteiger partial charge in [-0.05, 0) is 220 Å². The highest BCUT2D eigenvalue weighted by Gasteiger charge is 2.60. The van der Waals surface area contributed by atoms with Crippen LogP contribution < -0.4 is 0 Å². The van der Waals surface area contributed by atoms with Crippen LogP contribution in [0.1, 0.15) is 428 Å². The van der Waals surface area contributed by atoms with Gasteiger partial charge in [-0.2, -0.15) is 0 Å². The summed E-state index contributed by atoms with van der Waals surface area (Å²) in [5.41, 5.74) is 10.5. The molecule has 5 heteroatoms. The monoisotopic (exact) mass is 1520 g/mol. The quantitative estimate of drug-likeness (QED) is 0.0447. The van der Waals surface area contributed by atoms with Gasteiger partial charge >= 0.3 is 7.82 Å². The van der Waals surface area contributed by atoms with E-state index in [0.29, 0.717) is 19.3 Å². The van der Waals surface area contributed by atoms with E-state index in [1.807, 2.05) is 0 Å². The summed E-state index contributed by atoms with van der Waals surface area (Å²) in [6, 6.07) is 42.2. The lowest BCUT2D eigenvalue weighted by Gasteiger charge is -2.50. The Morgan fingerprint density at radius 1 is 0.236 bits per heavy atom. The second-order valence-corrected chi connectivity index (χ2v) is 46.9. The number of benzene rings is 6. The van der Waals surface area contributed by atoms with Crippen molar-refractivity contribution in [2.75, 3.05) is 0 Å². The molecule has 0 heterocycles. The van der Waals surface area contributed by atoms with E-state index in [9.17, 15) is 13.6 Å². The van der Waals surface area contributed by atoms with E-state index >= 15 is 4.57 Å². The average Bonchev–Trinajstić information content (AvgIpc) is 0.698. The minimum Gasteiger partial charge on any atom is -0.266 e. The van der Waals surface area contributed by atoms with E-state index in [1.165, 1.54) is 33.4 Å². The minimum absolute atomic E-state index is 0.258. The van der Waals surface area contributed by atoms with E-state index in [0.717, 1.165) is 122 Å². The van der Waals surface area contributed by atoms with Gasteiger partial charge in [0.2, 0.25) is 0 Å². The third-order valence-corrected chi connectivity index (χ3v) is 24.7. The summed E-state index contributed by atoms with van der Waals surface area (Å²) in [4.78, 5) is 0. The Bertz CT molecular complexity index is 3640. The van der Waals surface area contributed by atoms with Crippen molar-refractivity contribution < 1.29 is 18.1 Å². The maximum absolute atomic E-state index is 21.2. The highest BCUT2D eigenvalue weighted by Crippen LogP contribution is 2.71. The smallest absolute Gasteiger partial charge is 0.266 e. The Kier molecular flexibility index (Phi) is 27.5. The average molecular weight is 1520 g/mol. The van der Waals surface area contributed by atoms with Crippen molar-refractivity contribution in [3.63, 3.8) is 0 Å². The predicted molar refractivity (Wildman–Crippen MR) is 482 cm³/mol. The van der Waals surface area contributed by atoms with Gasteiger partial charge in [-0.25, -0.2) is 4.57 Å². The molecule has 0 aliphatic carbocycles. The number of hydrogen-bond donors (Lipinski definition) is 0. The summed E-state index contributed by atoms with van der Waals surface area (Å²) in [7, 11) is -5.72. The zero-order valence-electron chi connectivity index (χ0n) is 78.0. The summed E-state index contributed by atoms with van der Waals surface area (Å²) in [6.07, 6.45) is 6.47. The topological polar surface area (TPSA) is 44.8 Å². The van der Waals surface area contributed by atoms with Crippen LogP contribution in [0, 0.1) is 0 Å². The lowest BCUT2D eigenvalue weighted by molar-refractivity contribution is -0.0196. The minimum atomic E-state index is -5.72. The molecule has 0 atom stereocenters. The molecule has 6 rings (SSSR count). The molecule has 0 amide bonds. The Labute approximate surface area is 677 Å². The summed E-state index contributed by atoms with van der Waals surface area (Å²) < 4.78 is 48.9. The second kappa shape index (κ2) is 32.4. The second-order valence-electron chi connectivity index (χ2n) is 45.4. The molecule has 0 aliphatic rings. The van der Waals surface area contributed by atoms with Gasteiger partial charge in [0.15, 0.2) is 16.8 Å². The first-order chi connectivity index (χ1) is 49.6. The maximum atomic E-state index is 21.2. The first-order valence-corrected chi connectivity index (χ1v) is 43.7. The van der Waals surface area contributed by atoms with Gasteiger partial charge in [0.25, 0.3) is 0 Å². The SMILES string of the molecule is C=C(CCCC)C(OP(=O)(OC(C(=C)CCCC)(c1ccc(C(C)(C)C)cc1C(C)(C)C)c1ccc(C(C)(C)C)cc1C(C)(C)C)OC(C(=C)CCCC)(c1ccc(C(C)(C)C)cc1C(C)(C)C)c1ccc(C(C)(C)C)cc1C(C)(C)C)(c1ccc(C(C)(C)C)cc1C(C)(C)C)c1ccc(C(C)(C)C)cc1C(C)(C)C. The lowest BCUT2D eigenvalue weighted by atomic mass is 9.67. The van der Waals surface area contributed by atoms with Gasteiger partial charge in [0.1, 0.15) is 0 Å². The first kappa shape index (κ1) is 93.5. The van der Waals surface area contributed by atoms with Crippen LogP contribution in [0.5, 0.6) is 0 Å². The molecular weight excluding hydrogens is 1360 g/mol. The third kappa shape index (κ3) is 20.3. The van der Waals surface area contributed by atoms with Gasteiger partial charge in [-0.15, -0.1) is 0 Å². The van der Waals surface area contributed by atoms with Crippen molar-refractivity contribution in [2.45, 2.75) is 410 Å². The molecule has 6 aromatic carbocycles. The molecule has 0 radical (unpaired) electrons. The Balaban J connectivity index is 2.32. The van der Waals surface area contributed by atoms with E-state index in [4.69, 9.17) is 19.7 Å². The number of phosphoric acid groups is 1. The normalized spacial score (nSPS) is 14.2. The van der Waals surface area contributed by atoms with Gasteiger partial charge in [-0.1, -0.05) is 418 Å². The fraction of sp³-hybridized carbons (Fsp3) is 0.600. The summed E-state index contributed by atoms with van der Waals surface area (Å²) in [5.74, 6) is 0. The molecule has 0 N–H and O–H groups in total. The van der Waals surface area contributed by atoms with Crippen LogP contribution in [0.2, 0.25) is 0 Å². The van der Waals surface area contributed by atoms with Crippen LogP contribution in [0.3, 0.4) is 0 Å². The Morgan fingerprint density at radius 2 is 0.373 bits per heavy atom. The largest absolute Gasteiger partial charge is 0.479 e. The summed E-state index contributed by atoms with van der Waals surface area (Å²) in [6.45, 7) is 106. The van der Waals surface area contributed by atoms with Crippen LogP contribution >= 0.6 is 7.82 Å². The molecule has 0 saturated heterocycles. The van der Waals surface area contributed by atoms with Crippen molar-refractivity contribution in [1.82, 2.24) is 0 Å². The van der Waals surface area contributed by atoms with Gasteiger partial charge in [0.05, 0.1) is 0 Å². The van der Waals surface area contributed by atoms with E-state index < -0.39 is 57.1 Å². The van der Waals surface area contributed by atoms with Crippen LogP contribution in [0.25, 0.3) is 0 Å². The number of rotatable bonds is 24. The summed E-state index contributed by atoms with van der Waals surface area (Å²) >= 11 is 0. The van der Waals surface area contributed by atoms with Crippen molar-refractivity contribution in [1.29, 1.82) is 0 Å². The van der Waals surface area contributed by atoms with Crippen LogP contribution in [-0.2, 0) is 99.9 Å². The zero-order valence-corrected chi connectivity index (χ0v) is 78.9. The molecule has 0 bridgehead atoms. The molecule has 4 nitrogen and oxygen atoms in total. The third-order valence-electron chi connectivity index (χ3n) is 23.2. The lowest BCUT2D eigenvalue weighted by Crippen LogP contribution is -2.44. The predicted octanol–water partition coefficient (Wildman–Crippen LogP) is 31.8. The zero-order chi connectivity index (χ0) is 84.3. The fourth-order valence-electron chi connectivity index (χ4n) is 16.0. The summed E-state index contributed by atoms with van der Waals surface area (Å²) in [5, 5.41) is 0. The molecule has 0 saturated carbocycles. The van der Waals surface area contributed by atoms with Gasteiger partial charge < -0.3 is 0 Å².